The number of pyridine rings is 1. The van der Waals surface area contributed by atoms with Gasteiger partial charge in [-0.05, 0) is 55.7 Å². The second-order valence-electron chi connectivity index (χ2n) is 6.26. The van der Waals surface area contributed by atoms with Crippen LogP contribution in [0.25, 0.3) is 0 Å². The van der Waals surface area contributed by atoms with Gasteiger partial charge in [0.05, 0.1) is 7.11 Å². The number of benzene rings is 1. The largest absolute Gasteiger partial charge is 0.497 e. The maximum Gasteiger partial charge on any atom is 0.118 e. The molecule has 0 spiro atoms. The van der Waals surface area contributed by atoms with E-state index in [0.717, 1.165) is 12.2 Å². The molecule has 2 heterocycles. The van der Waals surface area contributed by atoms with E-state index in [2.05, 4.69) is 48.4 Å². The molecule has 1 aliphatic heterocycles. The summed E-state index contributed by atoms with van der Waals surface area (Å²) in [7, 11) is 1.70. The van der Waals surface area contributed by atoms with Gasteiger partial charge in [-0.1, -0.05) is 12.1 Å². The molecule has 1 fully saturated rings. The Balaban J connectivity index is 1.84. The van der Waals surface area contributed by atoms with E-state index in [0.29, 0.717) is 12.0 Å². The summed E-state index contributed by atoms with van der Waals surface area (Å²) in [6.45, 7) is 4.56. The van der Waals surface area contributed by atoms with Gasteiger partial charge in [-0.2, -0.15) is 0 Å². The van der Waals surface area contributed by atoms with Gasteiger partial charge < -0.3 is 10.1 Å². The normalized spacial score (nSPS) is 24.0. The highest BCUT2D eigenvalue weighted by atomic mass is 16.5. The molecule has 1 aromatic carbocycles. The lowest BCUT2D eigenvalue weighted by molar-refractivity contribution is 0.397. The molecule has 0 unspecified atom stereocenters. The highest BCUT2D eigenvalue weighted by Crippen LogP contribution is 2.43. The molecule has 1 aromatic heterocycles. The van der Waals surface area contributed by atoms with Crippen LogP contribution in [0.5, 0.6) is 5.75 Å². The van der Waals surface area contributed by atoms with E-state index in [1.54, 1.807) is 7.11 Å². The number of ether oxygens (including phenoxy) is 1. The number of hydrogen-bond donors (Lipinski definition) is 1. The minimum atomic E-state index is 0.0753. The van der Waals surface area contributed by atoms with Gasteiger partial charge in [0, 0.05) is 29.9 Å². The summed E-state index contributed by atoms with van der Waals surface area (Å²) in [6.07, 6.45) is 4.86. The fraction of sp³-hybridized carbons (Fsp3) is 0.389. The Hall–Kier alpha value is -1.87. The summed E-state index contributed by atoms with van der Waals surface area (Å²) in [6, 6.07) is 13.0. The fourth-order valence-electron chi connectivity index (χ4n) is 3.34. The van der Waals surface area contributed by atoms with Crippen LogP contribution >= 0.6 is 0 Å². The van der Waals surface area contributed by atoms with Gasteiger partial charge in [0.25, 0.3) is 0 Å². The molecule has 2 atom stereocenters. The number of hydrogen-bond acceptors (Lipinski definition) is 3. The molecule has 0 amide bonds. The number of rotatable bonds is 3. The van der Waals surface area contributed by atoms with Crippen LogP contribution in [0.2, 0.25) is 0 Å². The van der Waals surface area contributed by atoms with Gasteiger partial charge in [-0.3, -0.25) is 4.98 Å². The lowest BCUT2D eigenvalue weighted by Crippen LogP contribution is -2.37. The zero-order valence-corrected chi connectivity index (χ0v) is 12.8. The first-order valence-electron chi connectivity index (χ1n) is 7.42. The van der Waals surface area contributed by atoms with Gasteiger partial charge in [0.2, 0.25) is 0 Å². The molecule has 3 rings (SSSR count). The van der Waals surface area contributed by atoms with Crippen LogP contribution in [0, 0.1) is 0 Å². The van der Waals surface area contributed by atoms with E-state index in [9.17, 15) is 0 Å². The summed E-state index contributed by atoms with van der Waals surface area (Å²) in [5, 5.41) is 3.77. The van der Waals surface area contributed by atoms with E-state index < -0.39 is 0 Å². The molecule has 0 saturated carbocycles. The predicted molar refractivity (Wildman–Crippen MR) is 84.5 cm³/mol. The Morgan fingerprint density at radius 1 is 1.05 bits per heavy atom. The first-order chi connectivity index (χ1) is 10.1. The lowest BCUT2D eigenvalue weighted by atomic mass is 9.83. The van der Waals surface area contributed by atoms with Crippen molar-refractivity contribution in [2.75, 3.05) is 7.11 Å². The molecule has 3 nitrogen and oxygen atoms in total. The van der Waals surface area contributed by atoms with Crippen LogP contribution in [-0.2, 0) is 0 Å². The van der Waals surface area contributed by atoms with Crippen LogP contribution in [0.15, 0.2) is 48.8 Å². The van der Waals surface area contributed by atoms with Crippen molar-refractivity contribution in [3.63, 3.8) is 0 Å². The maximum atomic E-state index is 5.24. The number of aromatic nitrogens is 1. The highest BCUT2D eigenvalue weighted by molar-refractivity contribution is 5.32. The summed E-state index contributed by atoms with van der Waals surface area (Å²) in [5.41, 5.74) is 2.75. The smallest absolute Gasteiger partial charge is 0.118 e. The summed E-state index contributed by atoms with van der Waals surface area (Å²) < 4.78 is 5.24. The maximum absolute atomic E-state index is 5.24. The number of nitrogens with zero attached hydrogens (tertiary/aromatic N) is 1. The van der Waals surface area contributed by atoms with Crippen molar-refractivity contribution in [2.45, 2.75) is 37.8 Å². The molecule has 0 bridgehead atoms. The standard InChI is InChI=1S/C18H22N2O/c1-18(2)16(13-8-10-19-11-9-13)12-17(20-18)14-4-6-15(21-3)7-5-14/h4-11,16-17,20H,12H2,1-3H3/t16-,17+/m1/s1. The molecule has 110 valence electrons. The zero-order valence-electron chi connectivity index (χ0n) is 12.8. The Kier molecular flexibility index (Phi) is 3.68. The Morgan fingerprint density at radius 3 is 2.33 bits per heavy atom. The van der Waals surface area contributed by atoms with Gasteiger partial charge >= 0.3 is 0 Å². The molecule has 2 aromatic rings. The zero-order chi connectivity index (χ0) is 14.9. The molecule has 1 aliphatic rings. The average molecular weight is 282 g/mol. The van der Waals surface area contributed by atoms with Crippen molar-refractivity contribution in [3.8, 4) is 5.75 Å². The second kappa shape index (κ2) is 5.49. The first kappa shape index (κ1) is 14.1. The van der Waals surface area contributed by atoms with Crippen LogP contribution in [-0.4, -0.2) is 17.6 Å². The van der Waals surface area contributed by atoms with Gasteiger partial charge in [0.1, 0.15) is 5.75 Å². The van der Waals surface area contributed by atoms with Crippen LogP contribution in [0.4, 0.5) is 0 Å². The van der Waals surface area contributed by atoms with E-state index in [4.69, 9.17) is 4.74 Å². The lowest BCUT2D eigenvalue weighted by Gasteiger charge is -2.27. The Morgan fingerprint density at radius 2 is 1.71 bits per heavy atom. The van der Waals surface area contributed by atoms with E-state index >= 15 is 0 Å². The van der Waals surface area contributed by atoms with Crippen molar-refractivity contribution in [1.29, 1.82) is 0 Å². The minimum absolute atomic E-state index is 0.0753. The molecular formula is C18H22N2O. The Bertz CT molecular complexity index is 592. The molecule has 1 N–H and O–H groups in total. The third-order valence-electron chi connectivity index (χ3n) is 4.52. The van der Waals surface area contributed by atoms with Crippen molar-refractivity contribution in [2.24, 2.45) is 0 Å². The van der Waals surface area contributed by atoms with Crippen molar-refractivity contribution < 1.29 is 4.74 Å². The molecule has 3 heteroatoms. The predicted octanol–water partition coefficient (Wildman–Crippen LogP) is 3.69. The van der Waals surface area contributed by atoms with Crippen molar-refractivity contribution in [3.05, 3.63) is 59.9 Å². The summed E-state index contributed by atoms with van der Waals surface area (Å²) in [4.78, 5) is 4.13. The highest BCUT2D eigenvalue weighted by Gasteiger charge is 2.40. The molecular weight excluding hydrogens is 260 g/mol. The van der Waals surface area contributed by atoms with E-state index in [1.165, 1.54) is 11.1 Å². The van der Waals surface area contributed by atoms with Crippen LogP contribution < -0.4 is 10.1 Å². The molecule has 0 radical (unpaired) electrons. The summed E-state index contributed by atoms with van der Waals surface area (Å²) in [5.74, 6) is 1.40. The summed E-state index contributed by atoms with van der Waals surface area (Å²) >= 11 is 0. The van der Waals surface area contributed by atoms with Crippen molar-refractivity contribution in [1.82, 2.24) is 10.3 Å². The van der Waals surface area contributed by atoms with E-state index in [-0.39, 0.29) is 5.54 Å². The monoisotopic (exact) mass is 282 g/mol. The van der Waals surface area contributed by atoms with Crippen LogP contribution in [0.1, 0.15) is 43.4 Å². The quantitative estimate of drug-likeness (QED) is 0.932. The Labute approximate surface area is 126 Å². The first-order valence-corrected chi connectivity index (χ1v) is 7.42. The van der Waals surface area contributed by atoms with Gasteiger partial charge in [-0.15, -0.1) is 0 Å². The SMILES string of the molecule is COc1ccc([C@@H]2C[C@H](c3ccncc3)C(C)(C)N2)cc1. The fourth-order valence-corrected chi connectivity index (χ4v) is 3.34. The second-order valence-corrected chi connectivity index (χ2v) is 6.26. The van der Waals surface area contributed by atoms with Gasteiger partial charge in [-0.25, -0.2) is 0 Å². The molecule has 0 aliphatic carbocycles. The van der Waals surface area contributed by atoms with Gasteiger partial charge in [0.15, 0.2) is 0 Å². The number of methoxy groups -OCH3 is 1. The topological polar surface area (TPSA) is 34.1 Å². The average Bonchev–Trinajstić information content (AvgIpc) is 2.84. The molecule has 21 heavy (non-hydrogen) atoms. The van der Waals surface area contributed by atoms with Crippen LogP contribution in [0.3, 0.4) is 0 Å². The van der Waals surface area contributed by atoms with E-state index in [1.807, 2.05) is 24.5 Å². The minimum Gasteiger partial charge on any atom is -0.497 e. The number of nitrogens with one attached hydrogen (secondary N) is 1. The third-order valence-corrected chi connectivity index (χ3v) is 4.52. The van der Waals surface area contributed by atoms with Crippen molar-refractivity contribution >= 4 is 0 Å². The molecule has 1 saturated heterocycles. The third kappa shape index (κ3) is 2.79.